The first-order chi connectivity index (χ1) is 15.1. The molecule has 0 fully saturated rings. The molecule has 2 aromatic rings. The minimum absolute atomic E-state index is 0.188. The monoisotopic (exact) mass is 565 g/mol. The summed E-state index contributed by atoms with van der Waals surface area (Å²) in [6.45, 7) is 9.02. The number of hydrogen-bond donors (Lipinski definition) is 1. The second-order valence-electron chi connectivity index (χ2n) is 8.18. The number of ether oxygens (including phenoxy) is 1. The Bertz CT molecular complexity index is 1080. The van der Waals surface area contributed by atoms with E-state index >= 15 is 0 Å². The Balaban J connectivity index is 1.70. The Morgan fingerprint density at radius 1 is 1.28 bits per heavy atom. The molecule has 5 nitrogen and oxygen atoms in total. The van der Waals surface area contributed by atoms with Crippen LogP contribution < -0.4 is 15.1 Å². The quantitative estimate of drug-likeness (QED) is 0.316. The van der Waals surface area contributed by atoms with Gasteiger partial charge in [0.2, 0.25) is 0 Å². The highest BCUT2D eigenvalue weighted by atomic mass is 79.9. The third-order valence-electron chi connectivity index (χ3n) is 5.19. The van der Waals surface area contributed by atoms with Gasteiger partial charge in [-0.25, -0.2) is 9.82 Å². The van der Waals surface area contributed by atoms with Gasteiger partial charge in [-0.05, 0) is 79.0 Å². The zero-order valence-electron chi connectivity index (χ0n) is 18.5. The Labute approximate surface area is 205 Å². The predicted molar refractivity (Wildman–Crippen MR) is 135 cm³/mol. The number of rotatable bonds is 7. The van der Waals surface area contributed by atoms with Crippen molar-refractivity contribution in [2.45, 2.75) is 39.7 Å². The minimum Gasteiger partial charge on any atom is -0.483 e. The van der Waals surface area contributed by atoms with E-state index < -0.39 is 5.91 Å². The highest BCUT2D eigenvalue weighted by Gasteiger charge is 2.31. The van der Waals surface area contributed by atoms with E-state index in [0.29, 0.717) is 11.3 Å². The highest BCUT2D eigenvalue weighted by molar-refractivity contribution is 9.11. The lowest BCUT2D eigenvalue weighted by Gasteiger charge is -2.43. The fourth-order valence-electron chi connectivity index (χ4n) is 3.79. The molecule has 0 spiro atoms. The Morgan fingerprint density at radius 3 is 2.72 bits per heavy atom. The molecule has 0 atom stereocenters. The molecule has 1 N–H and O–H groups in total. The lowest BCUT2D eigenvalue weighted by Crippen LogP contribution is -2.45. The Morgan fingerprint density at radius 2 is 2.03 bits per heavy atom. The maximum atomic E-state index is 14.9. The van der Waals surface area contributed by atoms with E-state index in [1.807, 2.05) is 19.1 Å². The number of carbonyl (C=O) groups excluding carboxylic acids is 1. The molecule has 1 aliphatic rings. The molecule has 0 unspecified atom stereocenters. The van der Waals surface area contributed by atoms with E-state index in [9.17, 15) is 9.18 Å². The molecule has 1 aliphatic heterocycles. The standard InChI is InChI=1S/C24H26Br2FN3O2/c1-5-8-30-21-11-20(27)16(9-18(21)15(2)12-24(30,3)4)13-28-29-23(31)14-32-22-7-6-17(25)10-19(22)26/h6-7,9-13H,5,8,14H2,1-4H3,(H,29,31)/b28-13+. The minimum atomic E-state index is -0.443. The molecule has 0 saturated carbocycles. The molecule has 2 aromatic carbocycles. The summed E-state index contributed by atoms with van der Waals surface area (Å²) in [5.41, 5.74) is 5.44. The number of hydrogen-bond acceptors (Lipinski definition) is 4. The van der Waals surface area contributed by atoms with Gasteiger partial charge in [-0.15, -0.1) is 0 Å². The third-order valence-corrected chi connectivity index (χ3v) is 6.30. The number of carbonyl (C=O) groups is 1. The average molecular weight is 567 g/mol. The number of amides is 1. The average Bonchev–Trinajstić information content (AvgIpc) is 2.71. The summed E-state index contributed by atoms with van der Waals surface area (Å²) in [5.74, 6) is -0.292. The zero-order chi connectivity index (χ0) is 23.5. The van der Waals surface area contributed by atoms with Gasteiger partial charge in [0.25, 0.3) is 5.91 Å². The van der Waals surface area contributed by atoms with Crippen molar-refractivity contribution in [1.29, 1.82) is 0 Å². The summed E-state index contributed by atoms with van der Waals surface area (Å²) >= 11 is 6.74. The van der Waals surface area contributed by atoms with Gasteiger partial charge in [-0.3, -0.25) is 4.79 Å². The summed E-state index contributed by atoms with van der Waals surface area (Å²) in [6, 6.07) is 8.71. The molecule has 0 saturated heterocycles. The molecular weight excluding hydrogens is 541 g/mol. The van der Waals surface area contributed by atoms with E-state index in [1.54, 1.807) is 18.2 Å². The summed E-state index contributed by atoms with van der Waals surface area (Å²) < 4.78 is 22.0. The van der Waals surface area contributed by atoms with Gasteiger partial charge in [0, 0.05) is 27.8 Å². The number of benzene rings is 2. The van der Waals surface area contributed by atoms with Crippen molar-refractivity contribution in [3.63, 3.8) is 0 Å². The van der Waals surface area contributed by atoms with Crippen LogP contribution in [-0.2, 0) is 4.79 Å². The molecule has 0 aromatic heterocycles. The van der Waals surface area contributed by atoms with Crippen LogP contribution in [0, 0.1) is 5.82 Å². The molecule has 1 amide bonds. The highest BCUT2D eigenvalue weighted by Crippen LogP contribution is 2.40. The topological polar surface area (TPSA) is 53.9 Å². The second kappa shape index (κ2) is 10.2. The number of nitrogens with zero attached hydrogens (tertiary/aromatic N) is 2. The molecule has 0 radical (unpaired) electrons. The van der Waals surface area contributed by atoms with E-state index in [2.05, 4.69) is 74.1 Å². The molecule has 0 aliphatic carbocycles. The van der Waals surface area contributed by atoms with Crippen LogP contribution in [-0.4, -0.2) is 30.8 Å². The van der Waals surface area contributed by atoms with Crippen LogP contribution in [0.2, 0.25) is 0 Å². The maximum Gasteiger partial charge on any atom is 0.277 e. The van der Waals surface area contributed by atoms with Crippen LogP contribution in [0.5, 0.6) is 5.75 Å². The van der Waals surface area contributed by atoms with Crippen LogP contribution in [0.3, 0.4) is 0 Å². The Hall–Kier alpha value is -2.19. The summed E-state index contributed by atoms with van der Waals surface area (Å²) in [6.07, 6.45) is 4.48. The zero-order valence-corrected chi connectivity index (χ0v) is 21.7. The number of hydrazone groups is 1. The summed E-state index contributed by atoms with van der Waals surface area (Å²) in [7, 11) is 0. The molecule has 0 bridgehead atoms. The molecule has 3 rings (SSSR count). The van der Waals surface area contributed by atoms with Gasteiger partial charge in [0.1, 0.15) is 11.6 Å². The van der Waals surface area contributed by atoms with Crippen LogP contribution in [0.1, 0.15) is 45.2 Å². The lowest BCUT2D eigenvalue weighted by atomic mass is 9.88. The number of fused-ring (bicyclic) bond motifs is 1. The van der Waals surface area contributed by atoms with E-state index in [-0.39, 0.29) is 18.0 Å². The van der Waals surface area contributed by atoms with Crippen molar-refractivity contribution in [3.8, 4) is 5.75 Å². The summed E-state index contributed by atoms with van der Waals surface area (Å²) in [5, 5.41) is 3.91. The van der Waals surface area contributed by atoms with Crippen LogP contribution in [0.15, 0.2) is 50.5 Å². The third kappa shape index (κ3) is 5.59. The van der Waals surface area contributed by atoms with Crippen LogP contribution >= 0.6 is 31.9 Å². The van der Waals surface area contributed by atoms with Gasteiger partial charge < -0.3 is 9.64 Å². The van der Waals surface area contributed by atoms with Gasteiger partial charge in [-0.2, -0.15) is 5.10 Å². The van der Waals surface area contributed by atoms with Crippen LogP contribution in [0.4, 0.5) is 10.1 Å². The van der Waals surface area contributed by atoms with E-state index in [0.717, 1.165) is 38.7 Å². The largest absolute Gasteiger partial charge is 0.483 e. The molecule has 32 heavy (non-hydrogen) atoms. The Kier molecular flexibility index (Phi) is 7.77. The van der Waals surface area contributed by atoms with Crippen molar-refractivity contribution >= 4 is 55.2 Å². The maximum absolute atomic E-state index is 14.9. The lowest BCUT2D eigenvalue weighted by molar-refractivity contribution is -0.123. The number of anilines is 1. The SMILES string of the molecule is CCCN1c2cc(F)c(/C=N/NC(=O)COc3ccc(Br)cc3Br)cc2C(C)=CC1(C)C. The first kappa shape index (κ1) is 24.5. The normalized spacial score (nSPS) is 14.8. The molecule has 1 heterocycles. The second-order valence-corrected chi connectivity index (χ2v) is 9.95. The number of allylic oxidation sites excluding steroid dienone is 1. The smallest absolute Gasteiger partial charge is 0.277 e. The van der Waals surface area contributed by atoms with E-state index in [1.165, 1.54) is 6.21 Å². The van der Waals surface area contributed by atoms with Gasteiger partial charge in [-0.1, -0.05) is 28.9 Å². The van der Waals surface area contributed by atoms with E-state index in [4.69, 9.17) is 4.74 Å². The van der Waals surface area contributed by atoms with Crippen molar-refractivity contribution in [1.82, 2.24) is 5.43 Å². The molecular formula is C24H26Br2FN3O2. The summed E-state index contributed by atoms with van der Waals surface area (Å²) in [4.78, 5) is 14.3. The predicted octanol–water partition coefficient (Wildman–Crippen LogP) is 6.29. The van der Waals surface area contributed by atoms with Crippen molar-refractivity contribution in [2.75, 3.05) is 18.1 Å². The molecule has 170 valence electrons. The van der Waals surface area contributed by atoms with Crippen molar-refractivity contribution < 1.29 is 13.9 Å². The van der Waals surface area contributed by atoms with Crippen molar-refractivity contribution in [3.05, 3.63) is 62.3 Å². The number of nitrogens with one attached hydrogen (secondary N) is 1. The van der Waals surface area contributed by atoms with Gasteiger partial charge >= 0.3 is 0 Å². The van der Waals surface area contributed by atoms with Gasteiger partial charge in [0.05, 0.1) is 16.2 Å². The number of halogens is 3. The van der Waals surface area contributed by atoms with Crippen LogP contribution in [0.25, 0.3) is 5.57 Å². The first-order valence-corrected chi connectivity index (χ1v) is 11.9. The fourth-order valence-corrected chi connectivity index (χ4v) is 4.95. The first-order valence-electron chi connectivity index (χ1n) is 10.3. The van der Waals surface area contributed by atoms with Gasteiger partial charge in [0.15, 0.2) is 6.61 Å². The fraction of sp³-hybridized carbons (Fsp3) is 0.333. The van der Waals surface area contributed by atoms with Crippen molar-refractivity contribution in [2.24, 2.45) is 5.10 Å². The molecule has 8 heteroatoms.